The predicted molar refractivity (Wildman–Crippen MR) is 60.3 cm³/mol. The predicted octanol–water partition coefficient (Wildman–Crippen LogP) is 1.79. The molecule has 1 aromatic heterocycles. The first kappa shape index (κ1) is 11.0. The molecule has 1 rings (SSSR count). The van der Waals surface area contributed by atoms with Crippen molar-refractivity contribution in [2.45, 2.75) is 26.8 Å². The van der Waals surface area contributed by atoms with Crippen molar-refractivity contribution in [3.05, 3.63) is 23.9 Å². The van der Waals surface area contributed by atoms with Crippen LogP contribution in [0.4, 0.5) is 5.82 Å². The number of aryl methyl sites for hydroxylation is 1. The van der Waals surface area contributed by atoms with Crippen LogP contribution in [0.15, 0.2) is 18.3 Å². The number of aromatic nitrogens is 1. The zero-order valence-corrected chi connectivity index (χ0v) is 9.12. The highest BCUT2D eigenvalue weighted by atomic mass is 15.0. The summed E-state index contributed by atoms with van der Waals surface area (Å²) in [7, 11) is 0. The molecule has 0 aliphatic carbocycles. The van der Waals surface area contributed by atoms with Gasteiger partial charge in [0.25, 0.3) is 0 Å². The third-order valence-electron chi connectivity index (χ3n) is 2.30. The molecular formula is C11H19N3. The highest BCUT2D eigenvalue weighted by Gasteiger charge is 2.10. The van der Waals surface area contributed by atoms with Crippen LogP contribution in [0.2, 0.25) is 0 Å². The maximum Gasteiger partial charge on any atom is 0.126 e. The molecular weight excluding hydrogens is 174 g/mol. The SMILES string of the molecule is Cc1ccc(NC(CN)C(C)C)nc1. The van der Waals surface area contributed by atoms with Gasteiger partial charge in [0.1, 0.15) is 5.82 Å². The Morgan fingerprint density at radius 2 is 2.14 bits per heavy atom. The van der Waals surface area contributed by atoms with E-state index in [1.54, 1.807) is 0 Å². The second-order valence-corrected chi connectivity index (χ2v) is 3.95. The lowest BCUT2D eigenvalue weighted by Crippen LogP contribution is -2.33. The highest BCUT2D eigenvalue weighted by molar-refractivity contribution is 5.36. The van der Waals surface area contributed by atoms with Gasteiger partial charge in [0.2, 0.25) is 0 Å². The van der Waals surface area contributed by atoms with Gasteiger partial charge in [-0.2, -0.15) is 0 Å². The quantitative estimate of drug-likeness (QED) is 0.766. The number of hydrogen-bond donors (Lipinski definition) is 2. The summed E-state index contributed by atoms with van der Waals surface area (Å²) in [6.07, 6.45) is 1.86. The summed E-state index contributed by atoms with van der Waals surface area (Å²) in [6, 6.07) is 4.33. The van der Waals surface area contributed by atoms with Gasteiger partial charge in [0.15, 0.2) is 0 Å². The standard InChI is InChI=1S/C11H19N3/c1-8(2)10(6-12)14-11-5-4-9(3)7-13-11/h4-5,7-8,10H,6,12H2,1-3H3,(H,13,14). The van der Waals surface area contributed by atoms with E-state index in [1.807, 2.05) is 25.3 Å². The van der Waals surface area contributed by atoms with Crippen LogP contribution in [0.1, 0.15) is 19.4 Å². The maximum atomic E-state index is 5.66. The summed E-state index contributed by atoms with van der Waals surface area (Å²) >= 11 is 0. The molecule has 0 fully saturated rings. The number of anilines is 1. The lowest BCUT2D eigenvalue weighted by Gasteiger charge is -2.20. The number of nitrogens with zero attached hydrogens (tertiary/aromatic N) is 1. The van der Waals surface area contributed by atoms with E-state index in [0.717, 1.165) is 5.82 Å². The topological polar surface area (TPSA) is 50.9 Å². The number of hydrogen-bond acceptors (Lipinski definition) is 3. The molecule has 0 aliphatic heterocycles. The Balaban J connectivity index is 2.63. The zero-order chi connectivity index (χ0) is 10.6. The Morgan fingerprint density at radius 1 is 1.43 bits per heavy atom. The number of pyridine rings is 1. The second-order valence-electron chi connectivity index (χ2n) is 3.95. The Morgan fingerprint density at radius 3 is 2.57 bits per heavy atom. The fourth-order valence-electron chi connectivity index (χ4n) is 1.24. The van der Waals surface area contributed by atoms with E-state index >= 15 is 0 Å². The normalized spacial score (nSPS) is 12.9. The van der Waals surface area contributed by atoms with Crippen molar-refractivity contribution in [2.24, 2.45) is 11.7 Å². The monoisotopic (exact) mass is 193 g/mol. The molecule has 0 spiro atoms. The summed E-state index contributed by atoms with van der Waals surface area (Å²) < 4.78 is 0. The van der Waals surface area contributed by atoms with E-state index in [0.29, 0.717) is 18.5 Å². The van der Waals surface area contributed by atoms with Gasteiger partial charge in [-0.1, -0.05) is 19.9 Å². The van der Waals surface area contributed by atoms with Gasteiger partial charge in [-0.3, -0.25) is 0 Å². The van der Waals surface area contributed by atoms with Crippen LogP contribution in [-0.2, 0) is 0 Å². The molecule has 0 saturated heterocycles. The van der Waals surface area contributed by atoms with Gasteiger partial charge in [0.05, 0.1) is 0 Å². The van der Waals surface area contributed by atoms with Crippen molar-refractivity contribution in [3.8, 4) is 0 Å². The third kappa shape index (κ3) is 3.00. The zero-order valence-electron chi connectivity index (χ0n) is 9.12. The number of nitrogens with one attached hydrogen (secondary N) is 1. The summed E-state index contributed by atoms with van der Waals surface area (Å²) in [6.45, 7) is 6.96. The van der Waals surface area contributed by atoms with Crippen LogP contribution in [0.3, 0.4) is 0 Å². The molecule has 1 aromatic rings. The Kier molecular flexibility index (Phi) is 3.89. The lowest BCUT2D eigenvalue weighted by atomic mass is 10.1. The summed E-state index contributed by atoms with van der Waals surface area (Å²) in [5, 5.41) is 3.32. The van der Waals surface area contributed by atoms with Crippen LogP contribution in [0, 0.1) is 12.8 Å². The molecule has 14 heavy (non-hydrogen) atoms. The van der Waals surface area contributed by atoms with Crippen molar-refractivity contribution >= 4 is 5.82 Å². The van der Waals surface area contributed by atoms with Gasteiger partial charge in [0, 0.05) is 18.8 Å². The molecule has 3 nitrogen and oxygen atoms in total. The summed E-state index contributed by atoms with van der Waals surface area (Å²) in [5.74, 6) is 1.42. The van der Waals surface area contributed by atoms with E-state index in [-0.39, 0.29) is 0 Å². The largest absolute Gasteiger partial charge is 0.366 e. The van der Waals surface area contributed by atoms with Crippen LogP contribution in [0.25, 0.3) is 0 Å². The van der Waals surface area contributed by atoms with Crippen LogP contribution in [0.5, 0.6) is 0 Å². The van der Waals surface area contributed by atoms with E-state index in [9.17, 15) is 0 Å². The molecule has 1 unspecified atom stereocenters. The molecule has 0 bridgehead atoms. The molecule has 3 N–H and O–H groups in total. The van der Waals surface area contributed by atoms with Crippen molar-refractivity contribution < 1.29 is 0 Å². The van der Waals surface area contributed by atoms with Gasteiger partial charge in [-0.05, 0) is 24.5 Å². The lowest BCUT2D eigenvalue weighted by molar-refractivity contribution is 0.530. The van der Waals surface area contributed by atoms with Crippen LogP contribution >= 0.6 is 0 Å². The molecule has 0 amide bonds. The average Bonchev–Trinajstić information content (AvgIpc) is 2.16. The number of nitrogens with two attached hydrogens (primary N) is 1. The molecule has 0 radical (unpaired) electrons. The first-order valence-corrected chi connectivity index (χ1v) is 5.02. The molecule has 0 saturated carbocycles. The molecule has 1 atom stereocenters. The maximum absolute atomic E-state index is 5.66. The smallest absolute Gasteiger partial charge is 0.126 e. The van der Waals surface area contributed by atoms with Crippen molar-refractivity contribution in [3.63, 3.8) is 0 Å². The minimum Gasteiger partial charge on any atom is -0.366 e. The Hall–Kier alpha value is -1.09. The first-order chi connectivity index (χ1) is 6.63. The van der Waals surface area contributed by atoms with Gasteiger partial charge in [-0.25, -0.2) is 4.98 Å². The van der Waals surface area contributed by atoms with Crippen LogP contribution < -0.4 is 11.1 Å². The minimum atomic E-state index is 0.296. The first-order valence-electron chi connectivity index (χ1n) is 5.02. The van der Waals surface area contributed by atoms with Gasteiger partial charge < -0.3 is 11.1 Å². The summed E-state index contributed by atoms with van der Waals surface area (Å²) in [4.78, 5) is 4.28. The molecule has 78 valence electrons. The van der Waals surface area contributed by atoms with Crippen LogP contribution in [-0.4, -0.2) is 17.6 Å². The highest BCUT2D eigenvalue weighted by Crippen LogP contribution is 2.09. The summed E-state index contributed by atoms with van der Waals surface area (Å²) in [5.41, 5.74) is 6.83. The molecule has 1 heterocycles. The van der Waals surface area contributed by atoms with Crippen molar-refractivity contribution in [1.82, 2.24) is 4.98 Å². The third-order valence-corrected chi connectivity index (χ3v) is 2.30. The van der Waals surface area contributed by atoms with Crippen molar-refractivity contribution in [1.29, 1.82) is 0 Å². The second kappa shape index (κ2) is 4.96. The van der Waals surface area contributed by atoms with Gasteiger partial charge in [-0.15, -0.1) is 0 Å². The van der Waals surface area contributed by atoms with Gasteiger partial charge >= 0.3 is 0 Å². The fraction of sp³-hybridized carbons (Fsp3) is 0.545. The minimum absolute atomic E-state index is 0.296. The molecule has 0 aliphatic rings. The Bertz CT molecular complexity index is 266. The Labute approximate surface area is 85.7 Å². The van der Waals surface area contributed by atoms with E-state index in [2.05, 4.69) is 24.1 Å². The van der Waals surface area contributed by atoms with Crippen molar-refractivity contribution in [2.75, 3.05) is 11.9 Å². The number of rotatable bonds is 4. The van der Waals surface area contributed by atoms with E-state index in [1.165, 1.54) is 5.56 Å². The average molecular weight is 193 g/mol. The van der Waals surface area contributed by atoms with E-state index in [4.69, 9.17) is 5.73 Å². The fourth-order valence-corrected chi connectivity index (χ4v) is 1.24. The molecule has 3 heteroatoms. The van der Waals surface area contributed by atoms with E-state index < -0.39 is 0 Å². The molecule has 0 aromatic carbocycles.